The number of rotatable bonds is 0. The van der Waals surface area contributed by atoms with Gasteiger partial charge in [-0.1, -0.05) is 0 Å². The molecule has 0 radical (unpaired) electrons. The molecule has 5 nitrogen and oxygen atoms in total. The molecule has 6 atom stereocenters. The van der Waals surface area contributed by atoms with Gasteiger partial charge in [0.25, 0.3) is 0 Å². The van der Waals surface area contributed by atoms with Gasteiger partial charge in [0.1, 0.15) is 6.10 Å². The van der Waals surface area contributed by atoms with Crippen LogP contribution in [0.15, 0.2) is 0 Å². The summed E-state index contributed by atoms with van der Waals surface area (Å²) in [4.78, 5) is 11.5. The van der Waals surface area contributed by atoms with Crippen LogP contribution in [0.5, 0.6) is 0 Å². The van der Waals surface area contributed by atoms with Gasteiger partial charge in [-0.05, 0) is 38.0 Å². The lowest BCUT2D eigenvalue weighted by Crippen LogP contribution is -2.28. The largest absolute Gasteiger partial charge is 0.462 e. The van der Waals surface area contributed by atoms with Crippen LogP contribution >= 0.6 is 0 Å². The molecule has 0 spiro atoms. The van der Waals surface area contributed by atoms with Crippen LogP contribution in [0.2, 0.25) is 0 Å². The van der Waals surface area contributed by atoms with Gasteiger partial charge in [-0.15, -0.1) is 0 Å². The summed E-state index contributed by atoms with van der Waals surface area (Å²) in [6.07, 6.45) is -0.146. The quantitative estimate of drug-likeness (QED) is 0.541. The van der Waals surface area contributed by atoms with Gasteiger partial charge in [0, 0.05) is 6.42 Å². The normalized spacial score (nSPS) is 46.3. The molecule has 2 rings (SSSR count). The van der Waals surface area contributed by atoms with Crippen LogP contribution in [-0.2, 0) is 9.53 Å². The first-order chi connectivity index (χ1) is 8.45. The van der Waals surface area contributed by atoms with Crippen LogP contribution in [-0.4, -0.2) is 45.7 Å². The van der Waals surface area contributed by atoms with E-state index in [2.05, 4.69) is 0 Å². The predicted octanol–water partition coefficient (Wildman–Crippen LogP) is 0.211. The van der Waals surface area contributed by atoms with E-state index in [1.165, 1.54) is 0 Å². The number of hydrogen-bond acceptors (Lipinski definition) is 5. The highest BCUT2D eigenvalue weighted by Gasteiger charge is 2.44. The van der Waals surface area contributed by atoms with E-state index in [1.54, 1.807) is 6.92 Å². The van der Waals surface area contributed by atoms with Gasteiger partial charge in [0.15, 0.2) is 0 Å². The third-order valence-corrected chi connectivity index (χ3v) is 3.90. The molecule has 18 heavy (non-hydrogen) atoms. The first-order valence-corrected chi connectivity index (χ1v) is 6.69. The van der Waals surface area contributed by atoms with E-state index in [9.17, 15) is 20.1 Å². The first-order valence-electron chi connectivity index (χ1n) is 6.69. The van der Waals surface area contributed by atoms with Crippen molar-refractivity contribution in [1.82, 2.24) is 0 Å². The number of fused-ring (bicyclic) bond motifs is 1. The minimum atomic E-state index is -0.661. The summed E-state index contributed by atoms with van der Waals surface area (Å²) >= 11 is 0. The fourth-order valence-corrected chi connectivity index (χ4v) is 2.90. The molecule has 1 aliphatic heterocycles. The Morgan fingerprint density at radius 3 is 2.44 bits per heavy atom. The van der Waals surface area contributed by atoms with Crippen molar-refractivity contribution >= 4 is 5.97 Å². The maximum absolute atomic E-state index is 11.5. The maximum atomic E-state index is 11.5. The van der Waals surface area contributed by atoms with E-state index in [0.717, 1.165) is 6.42 Å². The second-order valence-electron chi connectivity index (χ2n) is 5.75. The van der Waals surface area contributed by atoms with Gasteiger partial charge in [0.05, 0.1) is 24.7 Å². The number of hydrogen-bond donors (Lipinski definition) is 3. The fraction of sp³-hybridized carbons (Fsp3) is 0.923. The highest BCUT2D eigenvalue weighted by Crippen LogP contribution is 2.45. The van der Waals surface area contributed by atoms with Crippen LogP contribution in [0.4, 0.5) is 0 Å². The molecule has 1 saturated heterocycles. The number of aliphatic hydroxyl groups is 3. The van der Waals surface area contributed by atoms with E-state index < -0.39 is 24.3 Å². The number of ether oxygens (including phenoxy) is 1. The number of carbonyl (C=O) groups is 1. The number of cyclic esters (lactones) is 1. The monoisotopic (exact) mass is 258 g/mol. The van der Waals surface area contributed by atoms with Gasteiger partial charge in [-0.2, -0.15) is 0 Å². The van der Waals surface area contributed by atoms with Crippen LogP contribution in [0.1, 0.15) is 39.0 Å². The molecule has 0 amide bonds. The lowest BCUT2D eigenvalue weighted by Gasteiger charge is -2.21. The molecule has 1 heterocycles. The molecular formula is C13H22O5. The number of aliphatic hydroxyl groups excluding tert-OH is 3. The summed E-state index contributed by atoms with van der Waals surface area (Å²) in [5, 5.41) is 29.5. The van der Waals surface area contributed by atoms with Gasteiger partial charge in [-0.25, -0.2) is 0 Å². The van der Waals surface area contributed by atoms with E-state index in [4.69, 9.17) is 4.74 Å². The fourth-order valence-electron chi connectivity index (χ4n) is 2.90. The van der Waals surface area contributed by atoms with Crippen LogP contribution < -0.4 is 0 Å². The smallest absolute Gasteiger partial charge is 0.308 e. The second kappa shape index (κ2) is 5.55. The van der Waals surface area contributed by atoms with E-state index in [1.807, 2.05) is 0 Å². The van der Waals surface area contributed by atoms with Crippen LogP contribution in [0.25, 0.3) is 0 Å². The maximum Gasteiger partial charge on any atom is 0.308 e. The molecule has 0 aromatic heterocycles. The van der Waals surface area contributed by atoms with Crippen LogP contribution in [0, 0.1) is 11.8 Å². The minimum Gasteiger partial charge on any atom is -0.462 e. The number of esters is 1. The van der Waals surface area contributed by atoms with Crippen molar-refractivity contribution in [2.45, 2.75) is 63.4 Å². The lowest BCUT2D eigenvalue weighted by molar-refractivity contribution is -0.152. The van der Waals surface area contributed by atoms with Crippen molar-refractivity contribution in [3.8, 4) is 0 Å². The Labute approximate surface area is 107 Å². The third kappa shape index (κ3) is 3.67. The van der Waals surface area contributed by atoms with Crippen molar-refractivity contribution in [2.75, 3.05) is 0 Å². The molecule has 2 aliphatic rings. The van der Waals surface area contributed by atoms with Gasteiger partial charge >= 0.3 is 5.97 Å². The van der Waals surface area contributed by atoms with Gasteiger partial charge < -0.3 is 20.1 Å². The summed E-state index contributed by atoms with van der Waals surface area (Å²) < 4.78 is 5.13. The van der Waals surface area contributed by atoms with Crippen LogP contribution in [0.3, 0.4) is 0 Å². The highest BCUT2D eigenvalue weighted by atomic mass is 16.5. The minimum absolute atomic E-state index is 0.0116. The standard InChI is InChI=1S/C13H22O5/c1-7-2-9(14)5-10(15)3-8-4-11(8)12(16)6-13(17)18-7/h7-12,14-16H,2-6H2,1H3. The Morgan fingerprint density at radius 2 is 1.72 bits per heavy atom. The second-order valence-corrected chi connectivity index (χ2v) is 5.75. The average Bonchev–Trinajstić information content (AvgIpc) is 2.93. The van der Waals surface area contributed by atoms with E-state index >= 15 is 0 Å². The summed E-state index contributed by atoms with van der Waals surface area (Å²) in [6, 6.07) is 0. The summed E-state index contributed by atoms with van der Waals surface area (Å²) in [5.41, 5.74) is 0. The molecule has 1 aliphatic carbocycles. The molecule has 0 bridgehead atoms. The molecule has 3 N–H and O–H groups in total. The van der Waals surface area contributed by atoms with Crippen molar-refractivity contribution in [1.29, 1.82) is 0 Å². The zero-order valence-electron chi connectivity index (χ0n) is 10.7. The van der Waals surface area contributed by atoms with Crippen molar-refractivity contribution < 1.29 is 24.9 Å². The summed E-state index contributed by atoms with van der Waals surface area (Å²) in [7, 11) is 0. The van der Waals surface area contributed by atoms with E-state index in [0.29, 0.717) is 19.3 Å². The summed E-state index contributed by atoms with van der Waals surface area (Å²) in [6.45, 7) is 1.71. The van der Waals surface area contributed by atoms with E-state index in [-0.39, 0.29) is 24.4 Å². The van der Waals surface area contributed by atoms with Crippen molar-refractivity contribution in [3.05, 3.63) is 0 Å². The Hall–Kier alpha value is -0.650. The van der Waals surface area contributed by atoms with Gasteiger partial charge in [0.2, 0.25) is 0 Å². The molecule has 104 valence electrons. The Morgan fingerprint density at radius 1 is 1.06 bits per heavy atom. The predicted molar refractivity (Wildman–Crippen MR) is 63.6 cm³/mol. The number of carbonyl (C=O) groups excluding carboxylic acids is 1. The van der Waals surface area contributed by atoms with Crippen molar-refractivity contribution in [2.24, 2.45) is 11.8 Å². The average molecular weight is 258 g/mol. The zero-order chi connectivity index (χ0) is 13.3. The SMILES string of the molecule is CC1CC(O)CC(O)CC2CC2C(O)CC(=O)O1. The molecule has 1 saturated carbocycles. The first kappa shape index (κ1) is 13.8. The molecule has 5 heteroatoms. The highest BCUT2D eigenvalue weighted by molar-refractivity contribution is 5.70. The van der Waals surface area contributed by atoms with Crippen molar-refractivity contribution in [3.63, 3.8) is 0 Å². The lowest BCUT2D eigenvalue weighted by atomic mass is 10.00. The molecule has 0 aromatic rings. The van der Waals surface area contributed by atoms with Gasteiger partial charge in [-0.3, -0.25) is 4.79 Å². The zero-order valence-corrected chi connectivity index (χ0v) is 10.7. The molecule has 6 unspecified atom stereocenters. The molecule has 0 aromatic carbocycles. The third-order valence-electron chi connectivity index (χ3n) is 3.90. The topological polar surface area (TPSA) is 87.0 Å². The molecular weight excluding hydrogens is 236 g/mol. The Balaban J connectivity index is 1.97. The Kier molecular flexibility index (Phi) is 4.25. The molecule has 2 fully saturated rings. The summed E-state index contributed by atoms with van der Waals surface area (Å²) in [5.74, 6) is -0.0418. The Bertz CT molecular complexity index is 302.